The van der Waals surface area contributed by atoms with Crippen molar-refractivity contribution in [3.8, 4) is 6.07 Å². The van der Waals surface area contributed by atoms with Gasteiger partial charge in [-0.25, -0.2) is 4.98 Å². The number of aryl methyl sites for hydroxylation is 2. The normalized spacial score (nSPS) is 10.6. The fraction of sp³-hybridized carbons (Fsp3) is 0.235. The molecule has 0 radical (unpaired) electrons. The number of ether oxygens (including phenoxy) is 1. The van der Waals surface area contributed by atoms with Crippen LogP contribution in [0.4, 0.5) is 5.82 Å². The average Bonchev–Trinajstić information content (AvgIpc) is 2.49. The minimum absolute atomic E-state index is 0.364. The van der Waals surface area contributed by atoms with Gasteiger partial charge in [0.2, 0.25) is 0 Å². The summed E-state index contributed by atoms with van der Waals surface area (Å²) in [6.45, 7) is 4.27. The number of benzene rings is 1. The van der Waals surface area contributed by atoms with E-state index in [4.69, 9.17) is 4.74 Å². The van der Waals surface area contributed by atoms with E-state index >= 15 is 0 Å². The van der Waals surface area contributed by atoms with Gasteiger partial charge in [0.15, 0.2) is 5.82 Å². The first-order valence-corrected chi connectivity index (χ1v) is 6.89. The summed E-state index contributed by atoms with van der Waals surface area (Å²) in [5, 5.41) is 13.5. The summed E-state index contributed by atoms with van der Waals surface area (Å²) in [4.78, 5) is 4.33. The summed E-state index contributed by atoms with van der Waals surface area (Å²) in [5.41, 5.74) is 7.07. The lowest BCUT2D eigenvalue weighted by Crippen LogP contribution is -2.03. The third-order valence-corrected chi connectivity index (χ3v) is 3.10. The molecule has 0 aliphatic carbocycles. The fourth-order valence-corrected chi connectivity index (χ4v) is 2.04. The van der Waals surface area contributed by atoms with Crippen molar-refractivity contribution in [1.82, 2.24) is 4.98 Å². The van der Waals surface area contributed by atoms with Crippen molar-refractivity contribution in [1.29, 1.82) is 5.26 Å². The van der Waals surface area contributed by atoms with Gasteiger partial charge in [0.1, 0.15) is 11.6 Å². The highest BCUT2D eigenvalue weighted by atomic mass is 16.5. The van der Waals surface area contributed by atoms with Crippen molar-refractivity contribution < 1.29 is 4.74 Å². The number of hydrogen-bond acceptors (Lipinski definition) is 5. The van der Waals surface area contributed by atoms with Gasteiger partial charge in [-0.15, -0.1) is 0 Å². The minimum Gasteiger partial charge on any atom is -0.380 e. The van der Waals surface area contributed by atoms with Crippen LogP contribution in [0.25, 0.3) is 0 Å². The Kier molecular flexibility index (Phi) is 5.23. The molecule has 2 aromatic rings. The SMILES string of the molecule is COCc1cc(C)nc(N/N=C/c2ccc(C)cc2)c1C#N. The molecule has 0 aliphatic rings. The van der Waals surface area contributed by atoms with E-state index < -0.39 is 0 Å². The van der Waals surface area contributed by atoms with E-state index in [1.807, 2.05) is 44.2 Å². The van der Waals surface area contributed by atoms with E-state index in [0.29, 0.717) is 18.0 Å². The molecular weight excluding hydrogens is 276 g/mol. The summed E-state index contributed by atoms with van der Waals surface area (Å²) in [7, 11) is 1.60. The Morgan fingerprint density at radius 3 is 2.68 bits per heavy atom. The second kappa shape index (κ2) is 7.34. The van der Waals surface area contributed by atoms with Crippen LogP contribution in [0.1, 0.15) is 27.9 Å². The van der Waals surface area contributed by atoms with Crippen molar-refractivity contribution >= 4 is 12.0 Å². The summed E-state index contributed by atoms with van der Waals surface area (Å²) in [6.07, 6.45) is 1.70. The largest absolute Gasteiger partial charge is 0.380 e. The van der Waals surface area contributed by atoms with Crippen LogP contribution in [-0.4, -0.2) is 18.3 Å². The smallest absolute Gasteiger partial charge is 0.164 e. The molecular formula is C17H18N4O. The lowest BCUT2D eigenvalue weighted by molar-refractivity contribution is 0.184. The van der Waals surface area contributed by atoms with Crippen LogP contribution in [0, 0.1) is 25.2 Å². The molecule has 0 saturated carbocycles. The Hall–Kier alpha value is -2.71. The summed E-state index contributed by atoms with van der Waals surface area (Å²) < 4.78 is 5.12. The van der Waals surface area contributed by atoms with Crippen LogP contribution >= 0.6 is 0 Å². The van der Waals surface area contributed by atoms with Gasteiger partial charge < -0.3 is 4.74 Å². The Morgan fingerprint density at radius 2 is 2.05 bits per heavy atom. The Labute approximate surface area is 130 Å². The molecule has 1 aromatic heterocycles. The van der Waals surface area contributed by atoms with Gasteiger partial charge in [-0.1, -0.05) is 29.8 Å². The number of hydrazone groups is 1. The van der Waals surface area contributed by atoms with Crippen molar-refractivity contribution in [2.75, 3.05) is 12.5 Å². The van der Waals surface area contributed by atoms with E-state index in [1.165, 1.54) is 5.56 Å². The summed E-state index contributed by atoms with van der Waals surface area (Å²) in [5.74, 6) is 0.443. The molecule has 0 spiro atoms. The maximum atomic E-state index is 9.33. The molecule has 5 nitrogen and oxygen atoms in total. The van der Waals surface area contributed by atoms with Crippen LogP contribution in [-0.2, 0) is 11.3 Å². The summed E-state index contributed by atoms with van der Waals surface area (Å²) in [6, 6.07) is 12.0. The number of aromatic nitrogens is 1. The van der Waals surface area contributed by atoms with Crippen LogP contribution in [0.5, 0.6) is 0 Å². The van der Waals surface area contributed by atoms with E-state index in [0.717, 1.165) is 16.8 Å². The first-order chi connectivity index (χ1) is 10.6. The number of hydrogen-bond donors (Lipinski definition) is 1. The van der Waals surface area contributed by atoms with Gasteiger partial charge in [0, 0.05) is 18.4 Å². The zero-order valence-electron chi connectivity index (χ0n) is 12.9. The third-order valence-electron chi connectivity index (χ3n) is 3.10. The molecule has 5 heteroatoms. The van der Waals surface area contributed by atoms with E-state index in [-0.39, 0.29) is 0 Å². The topological polar surface area (TPSA) is 70.3 Å². The van der Waals surface area contributed by atoms with Crippen molar-refractivity contribution in [2.45, 2.75) is 20.5 Å². The second-order valence-electron chi connectivity index (χ2n) is 4.97. The molecule has 0 saturated heterocycles. The minimum atomic E-state index is 0.364. The molecule has 0 bridgehead atoms. The Bertz CT molecular complexity index is 715. The second-order valence-corrected chi connectivity index (χ2v) is 4.97. The van der Waals surface area contributed by atoms with Crippen LogP contribution < -0.4 is 5.43 Å². The lowest BCUT2D eigenvalue weighted by atomic mass is 10.1. The number of anilines is 1. The van der Waals surface area contributed by atoms with E-state index in [2.05, 4.69) is 21.6 Å². The zero-order chi connectivity index (χ0) is 15.9. The quantitative estimate of drug-likeness (QED) is 0.679. The maximum Gasteiger partial charge on any atom is 0.164 e. The molecule has 1 N–H and O–H groups in total. The molecule has 2 rings (SSSR count). The number of nitrogens with one attached hydrogen (secondary N) is 1. The predicted molar refractivity (Wildman–Crippen MR) is 86.8 cm³/mol. The van der Waals surface area contributed by atoms with Gasteiger partial charge in [-0.3, -0.25) is 5.43 Å². The van der Waals surface area contributed by atoms with Crippen molar-refractivity contribution in [3.63, 3.8) is 0 Å². The molecule has 0 aliphatic heterocycles. The van der Waals surface area contributed by atoms with Gasteiger partial charge in [-0.05, 0) is 25.5 Å². The highest BCUT2D eigenvalue weighted by molar-refractivity contribution is 5.80. The van der Waals surface area contributed by atoms with Gasteiger partial charge in [0.25, 0.3) is 0 Å². The van der Waals surface area contributed by atoms with E-state index in [1.54, 1.807) is 13.3 Å². The third kappa shape index (κ3) is 3.90. The Morgan fingerprint density at radius 1 is 1.32 bits per heavy atom. The average molecular weight is 294 g/mol. The lowest BCUT2D eigenvalue weighted by Gasteiger charge is -2.09. The maximum absolute atomic E-state index is 9.33. The van der Waals surface area contributed by atoms with Gasteiger partial charge in [0.05, 0.1) is 12.8 Å². The van der Waals surface area contributed by atoms with Crippen molar-refractivity contribution in [3.05, 3.63) is 58.3 Å². The number of methoxy groups -OCH3 is 1. The predicted octanol–water partition coefficient (Wildman–Crippen LogP) is 3.16. The molecule has 0 atom stereocenters. The monoisotopic (exact) mass is 294 g/mol. The summed E-state index contributed by atoms with van der Waals surface area (Å²) >= 11 is 0. The highest BCUT2D eigenvalue weighted by Gasteiger charge is 2.10. The number of nitrogens with zero attached hydrogens (tertiary/aromatic N) is 3. The molecule has 112 valence electrons. The van der Waals surface area contributed by atoms with E-state index in [9.17, 15) is 5.26 Å². The molecule has 1 heterocycles. The van der Waals surface area contributed by atoms with Crippen LogP contribution in [0.3, 0.4) is 0 Å². The molecule has 1 aromatic carbocycles. The first-order valence-electron chi connectivity index (χ1n) is 6.89. The molecule has 0 amide bonds. The first kappa shape index (κ1) is 15.7. The molecule has 22 heavy (non-hydrogen) atoms. The van der Waals surface area contributed by atoms with Gasteiger partial charge >= 0.3 is 0 Å². The van der Waals surface area contributed by atoms with Crippen molar-refractivity contribution in [2.24, 2.45) is 5.10 Å². The standard InChI is InChI=1S/C17H18N4O/c1-12-4-6-14(7-5-12)10-19-21-17-16(9-18)15(11-22-3)8-13(2)20-17/h4-8,10H,11H2,1-3H3,(H,20,21)/b19-10+. The fourth-order valence-electron chi connectivity index (χ4n) is 2.04. The van der Waals surface area contributed by atoms with Gasteiger partial charge in [-0.2, -0.15) is 10.4 Å². The highest BCUT2D eigenvalue weighted by Crippen LogP contribution is 2.19. The Balaban J connectivity index is 2.22. The molecule has 0 fully saturated rings. The number of nitriles is 1. The molecule has 0 unspecified atom stereocenters. The van der Waals surface area contributed by atoms with Crippen LogP contribution in [0.15, 0.2) is 35.4 Å². The van der Waals surface area contributed by atoms with Crippen LogP contribution in [0.2, 0.25) is 0 Å². The number of pyridine rings is 1. The zero-order valence-corrected chi connectivity index (χ0v) is 12.9. The number of rotatable bonds is 5.